The van der Waals surface area contributed by atoms with E-state index in [0.29, 0.717) is 10.5 Å². The summed E-state index contributed by atoms with van der Waals surface area (Å²) in [5.41, 5.74) is -5.18. The molecular weight excluding hydrogens is 738 g/mol. The molecule has 16 nitrogen and oxygen atoms in total. The Balaban J connectivity index is 1.83. The Kier molecular flexibility index (Phi) is 12.6. The number of ether oxygens (including phenoxy) is 6. The van der Waals surface area contributed by atoms with Crippen molar-refractivity contribution in [3.05, 3.63) is 47.5 Å². The topological polar surface area (TPSA) is 188 Å². The highest BCUT2D eigenvalue weighted by atomic mass is 35.5. The molecule has 1 fully saturated rings. The number of imide groups is 1. The number of halogens is 1. The average molecular weight is 784 g/mol. The third kappa shape index (κ3) is 9.41. The van der Waals surface area contributed by atoms with Crippen molar-refractivity contribution in [2.75, 3.05) is 18.1 Å². The number of fused-ring (bicyclic) bond motifs is 1. The normalized spacial score (nSPS) is 20.9. The molecule has 2 amide bonds. The van der Waals surface area contributed by atoms with Gasteiger partial charge in [-0.1, -0.05) is 36.3 Å². The highest BCUT2D eigenvalue weighted by Crippen LogP contribution is 2.47. The van der Waals surface area contributed by atoms with Crippen molar-refractivity contribution in [1.82, 2.24) is 19.5 Å². The maximum Gasteiger partial charge on any atom is 0.425 e. The molecule has 4 rings (SSSR count). The third-order valence-electron chi connectivity index (χ3n) is 8.39. The molecule has 17 heteroatoms. The lowest BCUT2D eigenvalue weighted by Crippen LogP contribution is -2.53. The second kappa shape index (κ2) is 16.3. The summed E-state index contributed by atoms with van der Waals surface area (Å²) in [4.78, 5) is 79.9. The number of rotatable bonds is 11. The molecule has 55 heavy (non-hydrogen) atoms. The molecule has 3 heterocycles. The maximum absolute atomic E-state index is 13.5. The van der Waals surface area contributed by atoms with Crippen LogP contribution in [-0.2, 0) is 49.2 Å². The number of imidazole rings is 1. The van der Waals surface area contributed by atoms with Gasteiger partial charge in [0.25, 0.3) is 0 Å². The summed E-state index contributed by atoms with van der Waals surface area (Å²) in [7, 11) is 0. The van der Waals surface area contributed by atoms with E-state index in [-0.39, 0.29) is 30.0 Å². The predicted octanol–water partition coefficient (Wildman–Crippen LogP) is 5.78. The van der Waals surface area contributed by atoms with Crippen LogP contribution in [0.25, 0.3) is 11.2 Å². The summed E-state index contributed by atoms with van der Waals surface area (Å²) >= 11 is 6.41. The number of aromatic nitrogens is 4. The Morgan fingerprint density at radius 2 is 1.60 bits per heavy atom. The lowest BCUT2D eigenvalue weighted by molar-refractivity contribution is -0.182. The zero-order valence-corrected chi connectivity index (χ0v) is 33.3. The zero-order chi connectivity index (χ0) is 41.1. The van der Waals surface area contributed by atoms with Crippen molar-refractivity contribution in [3.8, 4) is 12.3 Å². The van der Waals surface area contributed by atoms with E-state index in [9.17, 15) is 24.0 Å². The number of ketones is 1. The van der Waals surface area contributed by atoms with Crippen molar-refractivity contribution < 1.29 is 52.4 Å². The van der Waals surface area contributed by atoms with Crippen LogP contribution in [0.3, 0.4) is 0 Å². The van der Waals surface area contributed by atoms with Crippen LogP contribution in [0, 0.1) is 17.8 Å². The minimum Gasteiger partial charge on any atom is -0.463 e. The minimum absolute atomic E-state index is 0.0238. The van der Waals surface area contributed by atoms with Crippen LogP contribution in [0.4, 0.5) is 15.4 Å². The fraction of sp³-hybridized carbons (Fsp3) is 0.526. The van der Waals surface area contributed by atoms with Crippen molar-refractivity contribution in [3.63, 3.8) is 0 Å². The second-order valence-corrected chi connectivity index (χ2v) is 15.3. The molecule has 0 N–H and O–H groups in total. The van der Waals surface area contributed by atoms with E-state index in [1.807, 2.05) is 0 Å². The standard InChI is InChI=1S/C38H46ClN5O11/c1-12-37(11)25(20-51-38(22(3)45,31(47)50-13-2)19-24-17-15-14-16-18-24)53-30(27(37)52-23(4)46)43-21-40-26-28(43)41-32(39)42-29(26)44(33(48)54-35(5,6)7)34(49)55-36(8,9)10/h1,14-18,21,25,27,30H,13,19-20H2,2-11H3/t25-,27+,30-,37+,38?/m1/s1. The molecule has 3 aromatic rings. The molecule has 0 radical (unpaired) electrons. The Labute approximate surface area is 324 Å². The van der Waals surface area contributed by atoms with E-state index in [2.05, 4.69) is 20.9 Å². The Morgan fingerprint density at radius 1 is 1.00 bits per heavy atom. The maximum atomic E-state index is 13.5. The van der Waals surface area contributed by atoms with Gasteiger partial charge in [-0.2, -0.15) is 14.9 Å². The summed E-state index contributed by atoms with van der Waals surface area (Å²) in [5, 5.41) is -0.412. The van der Waals surface area contributed by atoms with Crippen LogP contribution in [-0.4, -0.2) is 91.7 Å². The first-order chi connectivity index (χ1) is 25.6. The molecule has 1 saturated heterocycles. The predicted molar refractivity (Wildman–Crippen MR) is 198 cm³/mol. The SMILES string of the molecule is C#C[C@@]1(C)[C@@H](COC(Cc2ccccc2)(C(C)=O)C(=O)OCC)O[C@@H](n2cnc3c(N(C(=O)OC(C)(C)C)C(=O)OC(C)(C)C)nc(Cl)nc32)[C@@H]1OC(C)=O. The molecule has 0 aliphatic carbocycles. The van der Waals surface area contributed by atoms with E-state index < -0.39 is 82.5 Å². The summed E-state index contributed by atoms with van der Waals surface area (Å²) in [6.45, 7) is 14.8. The molecule has 0 spiro atoms. The van der Waals surface area contributed by atoms with E-state index in [4.69, 9.17) is 46.4 Å². The summed E-state index contributed by atoms with van der Waals surface area (Å²) in [6, 6.07) is 8.78. The van der Waals surface area contributed by atoms with Crippen molar-refractivity contribution >= 4 is 58.5 Å². The fourth-order valence-corrected chi connectivity index (χ4v) is 5.96. The first-order valence-electron chi connectivity index (χ1n) is 17.4. The fourth-order valence-electron chi connectivity index (χ4n) is 5.80. The van der Waals surface area contributed by atoms with Crippen molar-refractivity contribution in [1.29, 1.82) is 0 Å². The van der Waals surface area contributed by atoms with Gasteiger partial charge in [0.2, 0.25) is 10.9 Å². The minimum atomic E-state index is -2.09. The van der Waals surface area contributed by atoms with Gasteiger partial charge in [-0.25, -0.2) is 19.4 Å². The van der Waals surface area contributed by atoms with Crippen LogP contribution < -0.4 is 4.90 Å². The molecule has 0 bridgehead atoms. The van der Waals surface area contributed by atoms with Gasteiger partial charge >= 0.3 is 24.1 Å². The number of nitrogens with zero attached hydrogens (tertiary/aromatic N) is 5. The lowest BCUT2D eigenvalue weighted by atomic mass is 9.81. The third-order valence-corrected chi connectivity index (χ3v) is 8.56. The van der Waals surface area contributed by atoms with Gasteiger partial charge in [-0.3, -0.25) is 14.2 Å². The number of Topliss-reactive ketones (excluding diaryl/α,β-unsaturated/α-hetero) is 1. The molecule has 1 aliphatic rings. The molecule has 5 atom stereocenters. The quantitative estimate of drug-likeness (QED) is 0.0749. The zero-order valence-electron chi connectivity index (χ0n) is 32.5. The van der Waals surface area contributed by atoms with Crippen LogP contribution in [0.2, 0.25) is 5.28 Å². The number of anilines is 1. The van der Waals surface area contributed by atoms with Crippen molar-refractivity contribution in [2.24, 2.45) is 5.41 Å². The molecule has 1 aromatic carbocycles. The van der Waals surface area contributed by atoms with Crippen molar-refractivity contribution in [2.45, 2.75) is 111 Å². The molecular formula is C38H46ClN5O11. The number of carbonyl (C=O) groups excluding carboxylic acids is 5. The smallest absolute Gasteiger partial charge is 0.425 e. The highest BCUT2D eigenvalue weighted by molar-refractivity contribution is 6.29. The van der Waals surface area contributed by atoms with Crippen LogP contribution in [0.15, 0.2) is 36.7 Å². The van der Waals surface area contributed by atoms with Gasteiger partial charge in [0.15, 0.2) is 35.1 Å². The van der Waals surface area contributed by atoms with Crippen LogP contribution in [0.5, 0.6) is 0 Å². The molecule has 1 unspecified atom stereocenters. The van der Waals surface area contributed by atoms with Gasteiger partial charge in [-0.15, -0.1) is 6.42 Å². The average Bonchev–Trinajstić information content (AvgIpc) is 3.60. The van der Waals surface area contributed by atoms with Crippen LogP contribution >= 0.6 is 11.6 Å². The van der Waals surface area contributed by atoms with Gasteiger partial charge in [-0.05, 0) is 79.5 Å². The highest BCUT2D eigenvalue weighted by Gasteiger charge is 2.58. The van der Waals surface area contributed by atoms with E-state index in [1.165, 1.54) is 24.7 Å². The van der Waals surface area contributed by atoms with E-state index in [1.54, 1.807) is 85.7 Å². The molecule has 0 saturated carbocycles. The number of hydrogen-bond donors (Lipinski definition) is 0. The summed E-state index contributed by atoms with van der Waals surface area (Å²) < 4.78 is 36.2. The van der Waals surface area contributed by atoms with E-state index in [0.717, 1.165) is 0 Å². The number of benzene rings is 1. The monoisotopic (exact) mass is 783 g/mol. The van der Waals surface area contributed by atoms with Gasteiger partial charge in [0, 0.05) is 13.3 Å². The number of hydrogen-bond acceptors (Lipinski definition) is 14. The molecule has 296 valence electrons. The molecule has 2 aromatic heterocycles. The largest absolute Gasteiger partial charge is 0.463 e. The van der Waals surface area contributed by atoms with Gasteiger partial charge in [0.05, 0.1) is 25.0 Å². The first-order valence-corrected chi connectivity index (χ1v) is 17.8. The van der Waals surface area contributed by atoms with Gasteiger partial charge in [0.1, 0.15) is 17.3 Å². The summed E-state index contributed by atoms with van der Waals surface area (Å²) in [5.74, 6) is 0.0481. The number of terminal acetylenes is 1. The number of amides is 2. The summed E-state index contributed by atoms with van der Waals surface area (Å²) in [6.07, 6.45) is 1.26. The Hall–Kier alpha value is -5.11. The Morgan fingerprint density at radius 3 is 2.11 bits per heavy atom. The van der Waals surface area contributed by atoms with Gasteiger partial charge < -0.3 is 28.4 Å². The first kappa shape index (κ1) is 42.6. The van der Waals surface area contributed by atoms with E-state index >= 15 is 0 Å². The molecule has 1 aliphatic heterocycles. The lowest BCUT2D eigenvalue weighted by Gasteiger charge is -2.33. The Bertz CT molecular complexity index is 1960. The number of carbonyl (C=O) groups is 5. The number of esters is 2. The van der Waals surface area contributed by atoms with Crippen LogP contribution in [0.1, 0.15) is 81.0 Å². The second-order valence-electron chi connectivity index (χ2n) is 15.0.